The number of hydrogen-bond acceptors (Lipinski definition) is 6. The molecule has 0 radical (unpaired) electrons. The molecule has 2 aromatic heterocycles. The Labute approximate surface area is 168 Å². The zero-order valence-corrected chi connectivity index (χ0v) is 16.4. The molecule has 9 nitrogen and oxygen atoms in total. The van der Waals surface area contributed by atoms with E-state index in [1.807, 2.05) is 19.1 Å². The van der Waals surface area contributed by atoms with Crippen LogP contribution in [0.2, 0.25) is 0 Å². The summed E-state index contributed by atoms with van der Waals surface area (Å²) < 4.78 is 0. The van der Waals surface area contributed by atoms with Crippen molar-refractivity contribution in [2.45, 2.75) is 25.8 Å². The number of nitrogens with zero attached hydrogens (tertiary/aromatic N) is 3. The molecule has 0 saturated carbocycles. The Hall–Kier alpha value is -3.49. The predicted octanol–water partition coefficient (Wildman–Crippen LogP) is 1.56. The second-order valence-electron chi connectivity index (χ2n) is 7.16. The average molecular weight is 396 g/mol. The Bertz CT molecular complexity index is 915. The summed E-state index contributed by atoms with van der Waals surface area (Å²) >= 11 is 0. The summed E-state index contributed by atoms with van der Waals surface area (Å²) in [6.07, 6.45) is 6.02. The van der Waals surface area contributed by atoms with E-state index >= 15 is 0 Å². The molecule has 0 unspecified atom stereocenters. The summed E-state index contributed by atoms with van der Waals surface area (Å²) in [4.78, 5) is 46.7. The van der Waals surface area contributed by atoms with Gasteiger partial charge in [0.05, 0.1) is 41.1 Å². The number of nitrogens with two attached hydrogens (primary N) is 1. The third kappa shape index (κ3) is 4.68. The Morgan fingerprint density at radius 1 is 1.14 bits per heavy atom. The van der Waals surface area contributed by atoms with Gasteiger partial charge in [-0.25, -0.2) is 0 Å². The molecule has 3 rings (SSSR count). The Kier molecular flexibility index (Phi) is 6.06. The van der Waals surface area contributed by atoms with Crippen LogP contribution in [0.4, 0.5) is 11.4 Å². The molecule has 0 spiro atoms. The minimum absolute atomic E-state index is 0.147. The third-order valence-corrected chi connectivity index (χ3v) is 4.97. The van der Waals surface area contributed by atoms with Crippen LogP contribution in [0.25, 0.3) is 0 Å². The molecule has 1 saturated heterocycles. The molecule has 1 fully saturated rings. The fourth-order valence-electron chi connectivity index (χ4n) is 3.39. The highest BCUT2D eigenvalue weighted by Gasteiger charge is 2.35. The smallest absolute Gasteiger partial charge is 0.313 e. The van der Waals surface area contributed by atoms with Gasteiger partial charge in [-0.05, 0) is 37.0 Å². The van der Waals surface area contributed by atoms with Crippen molar-refractivity contribution in [1.82, 2.24) is 14.9 Å². The zero-order valence-electron chi connectivity index (χ0n) is 16.4. The summed E-state index contributed by atoms with van der Waals surface area (Å²) in [5, 5.41) is 5.52. The van der Waals surface area contributed by atoms with Crippen molar-refractivity contribution in [3.63, 3.8) is 0 Å². The van der Waals surface area contributed by atoms with E-state index in [1.165, 1.54) is 18.5 Å². The summed E-state index contributed by atoms with van der Waals surface area (Å²) in [6.45, 7) is 2.51. The number of primary amides is 1. The first-order valence-electron chi connectivity index (χ1n) is 9.39. The van der Waals surface area contributed by atoms with Gasteiger partial charge in [0.2, 0.25) is 5.91 Å². The maximum Gasteiger partial charge on any atom is 0.313 e. The van der Waals surface area contributed by atoms with Crippen LogP contribution in [0.1, 0.15) is 41.9 Å². The van der Waals surface area contributed by atoms with Crippen LogP contribution in [0, 0.1) is 5.92 Å². The highest BCUT2D eigenvalue weighted by molar-refractivity contribution is 6.39. The Morgan fingerprint density at radius 2 is 1.93 bits per heavy atom. The first-order chi connectivity index (χ1) is 13.9. The van der Waals surface area contributed by atoms with Crippen LogP contribution in [0.15, 0.2) is 36.8 Å². The summed E-state index contributed by atoms with van der Waals surface area (Å²) in [5.41, 5.74) is 7.23. The minimum Gasteiger partial charge on any atom is -0.387 e. The van der Waals surface area contributed by atoms with Crippen LogP contribution in [0.3, 0.4) is 0 Å². The normalized spacial score (nSPS) is 18.8. The van der Waals surface area contributed by atoms with Gasteiger partial charge in [-0.15, -0.1) is 0 Å². The van der Waals surface area contributed by atoms with E-state index in [0.29, 0.717) is 6.54 Å². The first kappa shape index (κ1) is 20.2. The molecule has 0 aromatic carbocycles. The second kappa shape index (κ2) is 8.68. The van der Waals surface area contributed by atoms with Gasteiger partial charge in [0.15, 0.2) is 0 Å². The number of likely N-dealkylation sites (tertiary alicyclic amines) is 1. The van der Waals surface area contributed by atoms with Gasteiger partial charge < -0.3 is 21.3 Å². The van der Waals surface area contributed by atoms with Crippen molar-refractivity contribution in [1.29, 1.82) is 0 Å². The molecule has 2 atom stereocenters. The van der Waals surface area contributed by atoms with Crippen molar-refractivity contribution in [3.8, 4) is 0 Å². The SMILES string of the molecule is CNc1ccc([C@H]2CC[C@H](C)CN2C(=O)C(=O)Nc2cncc(C(N)=O)c2)nc1. The third-order valence-electron chi connectivity index (χ3n) is 4.97. The first-order valence-corrected chi connectivity index (χ1v) is 9.39. The van der Waals surface area contributed by atoms with E-state index in [4.69, 9.17) is 5.73 Å². The molecule has 3 heterocycles. The van der Waals surface area contributed by atoms with Crippen LogP contribution < -0.4 is 16.4 Å². The minimum atomic E-state index is -0.792. The molecule has 29 heavy (non-hydrogen) atoms. The lowest BCUT2D eigenvalue weighted by Crippen LogP contribution is -2.46. The van der Waals surface area contributed by atoms with Crippen molar-refractivity contribution in [2.75, 3.05) is 24.2 Å². The van der Waals surface area contributed by atoms with E-state index in [0.717, 1.165) is 24.2 Å². The molecule has 1 aliphatic heterocycles. The van der Waals surface area contributed by atoms with Gasteiger partial charge in [-0.2, -0.15) is 0 Å². The molecular weight excluding hydrogens is 372 g/mol. The van der Waals surface area contributed by atoms with Crippen molar-refractivity contribution in [3.05, 3.63) is 48.0 Å². The lowest BCUT2D eigenvalue weighted by atomic mass is 9.92. The Balaban J connectivity index is 1.78. The maximum absolute atomic E-state index is 12.9. The molecule has 0 aliphatic carbocycles. The quantitative estimate of drug-likeness (QED) is 0.672. The highest BCUT2D eigenvalue weighted by atomic mass is 16.2. The number of rotatable bonds is 4. The second-order valence-corrected chi connectivity index (χ2v) is 7.16. The highest BCUT2D eigenvalue weighted by Crippen LogP contribution is 2.32. The van der Waals surface area contributed by atoms with E-state index in [2.05, 4.69) is 20.6 Å². The number of amides is 3. The van der Waals surface area contributed by atoms with E-state index in [1.54, 1.807) is 18.1 Å². The topological polar surface area (TPSA) is 130 Å². The fourth-order valence-corrected chi connectivity index (χ4v) is 3.39. The van der Waals surface area contributed by atoms with Gasteiger partial charge in [0, 0.05) is 19.8 Å². The van der Waals surface area contributed by atoms with Crippen LogP contribution in [-0.2, 0) is 9.59 Å². The van der Waals surface area contributed by atoms with E-state index in [-0.39, 0.29) is 23.2 Å². The summed E-state index contributed by atoms with van der Waals surface area (Å²) in [7, 11) is 1.81. The lowest BCUT2D eigenvalue weighted by Gasteiger charge is -2.38. The van der Waals surface area contributed by atoms with Crippen molar-refractivity contribution in [2.24, 2.45) is 11.7 Å². The number of piperidine rings is 1. The van der Waals surface area contributed by atoms with Gasteiger partial charge in [0.25, 0.3) is 0 Å². The van der Waals surface area contributed by atoms with Crippen molar-refractivity contribution >= 4 is 29.1 Å². The number of nitrogens with one attached hydrogen (secondary N) is 2. The predicted molar refractivity (Wildman–Crippen MR) is 108 cm³/mol. The van der Waals surface area contributed by atoms with E-state index < -0.39 is 17.7 Å². The van der Waals surface area contributed by atoms with Crippen LogP contribution in [0.5, 0.6) is 0 Å². The molecule has 4 N–H and O–H groups in total. The molecule has 1 aliphatic rings. The van der Waals surface area contributed by atoms with Gasteiger partial charge in [-0.1, -0.05) is 6.92 Å². The molecule has 9 heteroatoms. The summed E-state index contributed by atoms with van der Waals surface area (Å²) in [6, 6.07) is 4.87. The monoisotopic (exact) mass is 396 g/mol. The standard InChI is InChI=1S/C20H24N6O3/c1-12-3-6-17(16-5-4-14(22-2)10-24-16)26(11-12)20(29)19(28)25-15-7-13(18(21)27)8-23-9-15/h4-5,7-10,12,17,22H,3,6,11H2,1-2H3,(H2,21,27)(H,25,28)/t12-,17+/m0/s1. The largest absolute Gasteiger partial charge is 0.387 e. The number of carbonyl (C=O) groups excluding carboxylic acids is 3. The molecule has 3 amide bonds. The van der Waals surface area contributed by atoms with Crippen LogP contribution >= 0.6 is 0 Å². The lowest BCUT2D eigenvalue weighted by molar-refractivity contribution is -0.146. The number of hydrogen-bond donors (Lipinski definition) is 3. The number of carbonyl (C=O) groups is 3. The molecule has 152 valence electrons. The molecular formula is C20H24N6O3. The Morgan fingerprint density at radius 3 is 2.59 bits per heavy atom. The molecule has 2 aromatic rings. The number of aromatic nitrogens is 2. The van der Waals surface area contributed by atoms with Gasteiger partial charge >= 0.3 is 11.8 Å². The van der Waals surface area contributed by atoms with Gasteiger partial charge in [-0.3, -0.25) is 24.4 Å². The van der Waals surface area contributed by atoms with E-state index in [9.17, 15) is 14.4 Å². The summed E-state index contributed by atoms with van der Waals surface area (Å²) in [5.74, 6) is -1.83. The fraction of sp³-hybridized carbons (Fsp3) is 0.350. The zero-order chi connectivity index (χ0) is 21.0. The number of anilines is 2. The van der Waals surface area contributed by atoms with Gasteiger partial charge in [0.1, 0.15) is 0 Å². The maximum atomic E-state index is 12.9. The average Bonchev–Trinajstić information content (AvgIpc) is 2.73. The molecule has 0 bridgehead atoms. The van der Waals surface area contributed by atoms with Crippen molar-refractivity contribution < 1.29 is 14.4 Å². The van der Waals surface area contributed by atoms with Crippen LogP contribution in [-0.4, -0.2) is 46.2 Å². The number of pyridine rings is 2.